The molecule has 1 heterocycles. The normalized spacial score (nSPS) is 17.8. The van der Waals surface area contributed by atoms with Gasteiger partial charge in [-0.25, -0.2) is 4.39 Å². The molecule has 2 atom stereocenters. The quantitative estimate of drug-likeness (QED) is 0.679. The Morgan fingerprint density at radius 3 is 2.46 bits per heavy atom. The zero-order valence-electron chi connectivity index (χ0n) is 15.0. The van der Waals surface area contributed by atoms with Gasteiger partial charge in [-0.15, -0.1) is 0 Å². The third kappa shape index (κ3) is 4.11. The number of carbonyl (C=O) groups is 2. The number of rotatable bonds is 6. The van der Waals surface area contributed by atoms with Gasteiger partial charge in [0.15, 0.2) is 5.76 Å². The van der Waals surface area contributed by atoms with E-state index in [2.05, 4.69) is 10.6 Å². The van der Waals surface area contributed by atoms with Crippen molar-refractivity contribution >= 4 is 17.5 Å². The fourth-order valence-corrected chi connectivity index (χ4v) is 3.19. The van der Waals surface area contributed by atoms with Gasteiger partial charge in [-0.05, 0) is 59.9 Å². The lowest BCUT2D eigenvalue weighted by atomic mass is 10.1. The van der Waals surface area contributed by atoms with Gasteiger partial charge in [0.05, 0.1) is 6.26 Å². The molecule has 28 heavy (non-hydrogen) atoms. The number of halogens is 1. The van der Waals surface area contributed by atoms with E-state index in [1.807, 2.05) is 12.1 Å². The number of anilines is 1. The summed E-state index contributed by atoms with van der Waals surface area (Å²) in [6.07, 6.45) is 2.23. The second-order valence-corrected chi connectivity index (χ2v) is 6.85. The Hall–Kier alpha value is -3.41. The van der Waals surface area contributed by atoms with Crippen molar-refractivity contribution in [1.82, 2.24) is 5.32 Å². The van der Waals surface area contributed by atoms with Crippen LogP contribution in [0.5, 0.6) is 0 Å². The van der Waals surface area contributed by atoms with E-state index in [-0.39, 0.29) is 35.2 Å². The van der Waals surface area contributed by atoms with Crippen molar-refractivity contribution < 1.29 is 18.4 Å². The Labute approximate surface area is 161 Å². The van der Waals surface area contributed by atoms with Gasteiger partial charge in [0.2, 0.25) is 5.91 Å². The van der Waals surface area contributed by atoms with Crippen LogP contribution < -0.4 is 10.6 Å². The molecule has 6 heteroatoms. The van der Waals surface area contributed by atoms with Crippen LogP contribution in [0.3, 0.4) is 0 Å². The maximum Gasteiger partial charge on any atom is 0.291 e. The van der Waals surface area contributed by atoms with Crippen molar-refractivity contribution in [2.45, 2.75) is 18.9 Å². The molecular formula is C22H19FN2O3. The molecule has 0 spiro atoms. The summed E-state index contributed by atoms with van der Waals surface area (Å²) in [5.74, 6) is -0.223. The lowest BCUT2D eigenvalue weighted by molar-refractivity contribution is -0.122. The average Bonchev–Trinajstić information content (AvgIpc) is 3.31. The molecule has 1 aliphatic carbocycles. The van der Waals surface area contributed by atoms with E-state index in [4.69, 9.17) is 4.42 Å². The van der Waals surface area contributed by atoms with Gasteiger partial charge in [0, 0.05) is 18.2 Å². The van der Waals surface area contributed by atoms with Gasteiger partial charge >= 0.3 is 0 Å². The van der Waals surface area contributed by atoms with Crippen LogP contribution in [-0.4, -0.2) is 11.8 Å². The fourth-order valence-electron chi connectivity index (χ4n) is 3.19. The van der Waals surface area contributed by atoms with Crippen LogP contribution in [0.4, 0.5) is 10.1 Å². The molecule has 1 aromatic heterocycles. The van der Waals surface area contributed by atoms with E-state index in [0.29, 0.717) is 12.2 Å². The molecule has 1 saturated carbocycles. The summed E-state index contributed by atoms with van der Waals surface area (Å²) < 4.78 is 18.1. The second-order valence-electron chi connectivity index (χ2n) is 6.85. The summed E-state index contributed by atoms with van der Waals surface area (Å²) in [4.78, 5) is 24.3. The third-order valence-electron chi connectivity index (χ3n) is 4.85. The van der Waals surface area contributed by atoms with Gasteiger partial charge in [0.25, 0.3) is 5.91 Å². The predicted octanol–water partition coefficient (Wildman–Crippen LogP) is 4.09. The number of carbonyl (C=O) groups excluding carboxylic acids is 2. The van der Waals surface area contributed by atoms with Crippen molar-refractivity contribution in [3.63, 3.8) is 0 Å². The standard InChI is InChI=1S/C22H19FN2O3/c23-16-7-5-15(6-8-16)18-12-19(18)21(26)24-13-14-3-9-17(10-4-14)25-22(27)20-2-1-11-28-20/h1-11,18-19H,12-13H2,(H,24,26)(H,25,27)/t18-,19+/m0/s1. The van der Waals surface area contributed by atoms with Crippen LogP contribution >= 0.6 is 0 Å². The Bertz CT molecular complexity index is 966. The number of amides is 2. The largest absolute Gasteiger partial charge is 0.459 e. The first kappa shape index (κ1) is 18.0. The highest BCUT2D eigenvalue weighted by molar-refractivity contribution is 6.02. The van der Waals surface area contributed by atoms with E-state index in [1.54, 1.807) is 36.4 Å². The molecule has 2 aromatic carbocycles. The van der Waals surface area contributed by atoms with Crippen LogP contribution in [0.15, 0.2) is 71.3 Å². The number of furan rings is 1. The molecular weight excluding hydrogens is 359 g/mol. The SMILES string of the molecule is O=C(Nc1ccc(CNC(=O)[C@@H]2C[C@H]2c2ccc(F)cc2)cc1)c1ccco1. The van der Waals surface area contributed by atoms with Crippen LogP contribution in [0.1, 0.15) is 34.0 Å². The molecule has 3 aromatic rings. The van der Waals surface area contributed by atoms with Crippen molar-refractivity contribution in [2.24, 2.45) is 5.92 Å². The Kier molecular flexibility index (Phi) is 4.93. The summed E-state index contributed by atoms with van der Waals surface area (Å²) in [5.41, 5.74) is 2.58. The second kappa shape index (κ2) is 7.68. The van der Waals surface area contributed by atoms with Crippen LogP contribution in [0, 0.1) is 11.7 Å². The van der Waals surface area contributed by atoms with E-state index >= 15 is 0 Å². The lowest BCUT2D eigenvalue weighted by Crippen LogP contribution is -2.24. The number of hydrogen-bond donors (Lipinski definition) is 2. The predicted molar refractivity (Wildman–Crippen MR) is 102 cm³/mol. The first-order valence-electron chi connectivity index (χ1n) is 9.07. The summed E-state index contributed by atoms with van der Waals surface area (Å²) >= 11 is 0. The molecule has 0 bridgehead atoms. The van der Waals surface area contributed by atoms with E-state index < -0.39 is 0 Å². The number of benzene rings is 2. The van der Waals surface area contributed by atoms with Gasteiger partial charge in [0.1, 0.15) is 5.82 Å². The topological polar surface area (TPSA) is 71.3 Å². The zero-order chi connectivity index (χ0) is 19.5. The minimum atomic E-state index is -0.313. The maximum atomic E-state index is 13.0. The van der Waals surface area contributed by atoms with Crippen LogP contribution in [-0.2, 0) is 11.3 Å². The Balaban J connectivity index is 1.26. The van der Waals surface area contributed by atoms with Gasteiger partial charge in [-0.1, -0.05) is 24.3 Å². The van der Waals surface area contributed by atoms with Crippen LogP contribution in [0.2, 0.25) is 0 Å². The Morgan fingerprint density at radius 2 is 1.79 bits per heavy atom. The molecule has 5 nitrogen and oxygen atoms in total. The molecule has 1 fully saturated rings. The number of hydrogen-bond acceptors (Lipinski definition) is 3. The van der Waals surface area contributed by atoms with E-state index in [0.717, 1.165) is 17.5 Å². The first-order chi connectivity index (χ1) is 13.6. The van der Waals surface area contributed by atoms with Crippen molar-refractivity contribution in [3.05, 3.63) is 89.6 Å². The molecule has 0 saturated heterocycles. The minimum absolute atomic E-state index is 0.00419. The molecule has 4 rings (SSSR count). The van der Waals surface area contributed by atoms with E-state index in [1.165, 1.54) is 18.4 Å². The van der Waals surface area contributed by atoms with Gasteiger partial charge < -0.3 is 15.1 Å². The molecule has 2 N–H and O–H groups in total. The third-order valence-corrected chi connectivity index (χ3v) is 4.85. The van der Waals surface area contributed by atoms with Crippen molar-refractivity contribution in [3.8, 4) is 0 Å². The molecule has 2 amide bonds. The monoisotopic (exact) mass is 378 g/mol. The first-order valence-corrected chi connectivity index (χ1v) is 9.07. The van der Waals surface area contributed by atoms with Crippen LogP contribution in [0.25, 0.3) is 0 Å². The smallest absolute Gasteiger partial charge is 0.291 e. The summed E-state index contributed by atoms with van der Waals surface area (Å²) in [6, 6.07) is 16.8. The summed E-state index contributed by atoms with van der Waals surface area (Å²) in [7, 11) is 0. The molecule has 0 unspecified atom stereocenters. The molecule has 0 radical (unpaired) electrons. The van der Waals surface area contributed by atoms with E-state index in [9.17, 15) is 14.0 Å². The van der Waals surface area contributed by atoms with Gasteiger partial charge in [-0.3, -0.25) is 9.59 Å². The molecule has 0 aliphatic heterocycles. The number of nitrogens with one attached hydrogen (secondary N) is 2. The summed E-state index contributed by atoms with van der Waals surface area (Å²) in [6.45, 7) is 0.415. The maximum absolute atomic E-state index is 13.0. The summed E-state index contributed by atoms with van der Waals surface area (Å²) in [5, 5.41) is 5.69. The highest BCUT2D eigenvalue weighted by Gasteiger charge is 2.43. The van der Waals surface area contributed by atoms with Crippen molar-refractivity contribution in [1.29, 1.82) is 0 Å². The Morgan fingerprint density at radius 1 is 1.04 bits per heavy atom. The van der Waals surface area contributed by atoms with Gasteiger partial charge in [-0.2, -0.15) is 0 Å². The highest BCUT2D eigenvalue weighted by atomic mass is 19.1. The fraction of sp³-hybridized carbons (Fsp3) is 0.182. The minimum Gasteiger partial charge on any atom is -0.459 e. The highest BCUT2D eigenvalue weighted by Crippen LogP contribution is 2.47. The average molecular weight is 378 g/mol. The molecule has 1 aliphatic rings. The lowest BCUT2D eigenvalue weighted by Gasteiger charge is -2.07. The van der Waals surface area contributed by atoms with Crippen molar-refractivity contribution in [2.75, 3.05) is 5.32 Å². The zero-order valence-corrected chi connectivity index (χ0v) is 15.0. The molecule has 142 valence electrons.